The Labute approximate surface area is 137 Å². The Bertz CT molecular complexity index is 640. The summed E-state index contributed by atoms with van der Waals surface area (Å²) >= 11 is 1.22. The van der Waals surface area contributed by atoms with E-state index in [-0.39, 0.29) is 39.6 Å². The van der Waals surface area contributed by atoms with Gasteiger partial charge in [-0.3, -0.25) is 4.72 Å². The van der Waals surface area contributed by atoms with Crippen molar-refractivity contribution in [3.63, 3.8) is 0 Å². The predicted octanol–water partition coefficient (Wildman–Crippen LogP) is 0.835. The van der Waals surface area contributed by atoms with Gasteiger partial charge in [-0.25, -0.2) is 8.42 Å². The van der Waals surface area contributed by atoms with E-state index in [1.807, 2.05) is 6.92 Å². The van der Waals surface area contributed by atoms with E-state index in [0.29, 0.717) is 5.69 Å². The van der Waals surface area contributed by atoms with Gasteiger partial charge in [0, 0.05) is 5.69 Å². The second-order valence-corrected chi connectivity index (χ2v) is 6.27. The van der Waals surface area contributed by atoms with E-state index < -0.39 is 10.0 Å². The average Bonchev–Trinajstić information content (AvgIpc) is 2.76. The van der Waals surface area contributed by atoms with Gasteiger partial charge in [0.2, 0.25) is 5.13 Å². The molecule has 6 nitrogen and oxygen atoms in total. The van der Waals surface area contributed by atoms with E-state index in [4.69, 9.17) is 5.73 Å². The van der Waals surface area contributed by atoms with Crippen molar-refractivity contribution in [2.24, 2.45) is 0 Å². The van der Waals surface area contributed by atoms with E-state index >= 15 is 0 Å². The molecular formula is C10H13N4NaO2S2. The maximum atomic E-state index is 12.0. The van der Waals surface area contributed by atoms with Crippen molar-refractivity contribution in [2.45, 2.75) is 18.2 Å². The Kier molecular flexibility index (Phi) is 5.75. The van der Waals surface area contributed by atoms with Crippen molar-refractivity contribution < 1.29 is 8.42 Å². The van der Waals surface area contributed by atoms with Gasteiger partial charge in [-0.15, -0.1) is 10.2 Å². The molecule has 98 valence electrons. The summed E-state index contributed by atoms with van der Waals surface area (Å²) in [4.78, 5) is 0.143. The summed E-state index contributed by atoms with van der Waals surface area (Å²) < 4.78 is 26.4. The van der Waals surface area contributed by atoms with E-state index in [1.165, 1.54) is 35.6 Å². The monoisotopic (exact) mass is 308 g/mol. The average molecular weight is 308 g/mol. The van der Waals surface area contributed by atoms with Crippen LogP contribution < -0.4 is 10.5 Å². The number of hydrogen-bond donors (Lipinski definition) is 2. The predicted molar refractivity (Wildman–Crippen MR) is 78.1 cm³/mol. The van der Waals surface area contributed by atoms with E-state index in [9.17, 15) is 8.42 Å². The number of nitrogens with two attached hydrogens (primary N) is 1. The summed E-state index contributed by atoms with van der Waals surface area (Å²) in [5.74, 6) is 0. The second-order valence-electron chi connectivity index (χ2n) is 3.53. The van der Waals surface area contributed by atoms with Crippen LogP contribution in [0.15, 0.2) is 29.2 Å². The maximum absolute atomic E-state index is 12.0. The third-order valence-corrected chi connectivity index (χ3v) is 4.65. The number of nitrogen functional groups attached to an aromatic ring is 1. The molecule has 0 amide bonds. The minimum absolute atomic E-state index is 0. The number of anilines is 2. The van der Waals surface area contributed by atoms with Crippen molar-refractivity contribution in [1.82, 2.24) is 10.2 Å². The first-order valence-corrected chi connectivity index (χ1v) is 7.52. The zero-order valence-corrected chi connectivity index (χ0v) is 11.3. The summed E-state index contributed by atoms with van der Waals surface area (Å²) in [5.41, 5.74) is 6.02. The normalized spacial score (nSPS) is 10.8. The molecule has 2 rings (SSSR count). The van der Waals surface area contributed by atoms with Crippen molar-refractivity contribution >= 4 is 61.7 Å². The first-order chi connectivity index (χ1) is 8.51. The molecule has 1 aromatic heterocycles. The molecule has 0 saturated carbocycles. The Balaban J connectivity index is 0.00000180. The minimum atomic E-state index is -3.62. The van der Waals surface area contributed by atoms with Gasteiger partial charge < -0.3 is 5.73 Å². The van der Waals surface area contributed by atoms with Crippen LogP contribution in [0.2, 0.25) is 0 Å². The number of benzene rings is 1. The summed E-state index contributed by atoms with van der Waals surface area (Å²) in [5, 5.41) is 8.67. The van der Waals surface area contributed by atoms with Crippen LogP contribution in [0.4, 0.5) is 10.8 Å². The number of nitrogens with one attached hydrogen (secondary N) is 1. The molecule has 0 saturated heterocycles. The molecular weight excluding hydrogens is 295 g/mol. The molecule has 0 spiro atoms. The SMILES string of the molecule is CCc1nnc(NS(=O)(=O)c2ccc(N)cc2)s1.[NaH]. The number of aryl methyl sites for hydroxylation is 1. The Morgan fingerprint density at radius 2 is 1.89 bits per heavy atom. The van der Waals surface area contributed by atoms with E-state index in [1.54, 1.807) is 0 Å². The van der Waals surface area contributed by atoms with Gasteiger partial charge in [0.05, 0.1) is 4.90 Å². The second kappa shape index (κ2) is 6.67. The molecule has 0 bridgehead atoms. The first-order valence-electron chi connectivity index (χ1n) is 5.22. The van der Waals surface area contributed by atoms with Gasteiger partial charge in [0.1, 0.15) is 5.01 Å². The number of rotatable bonds is 4. The van der Waals surface area contributed by atoms with Crippen LogP contribution >= 0.6 is 11.3 Å². The summed E-state index contributed by atoms with van der Waals surface area (Å²) in [6.07, 6.45) is 0.723. The van der Waals surface area contributed by atoms with Gasteiger partial charge in [0.15, 0.2) is 0 Å². The van der Waals surface area contributed by atoms with Crippen LogP contribution in [-0.4, -0.2) is 48.2 Å². The molecule has 0 unspecified atom stereocenters. The van der Waals surface area contributed by atoms with Crippen molar-refractivity contribution in [3.8, 4) is 0 Å². The third kappa shape index (κ3) is 4.15. The van der Waals surface area contributed by atoms with Crippen molar-refractivity contribution in [1.29, 1.82) is 0 Å². The molecule has 3 N–H and O–H groups in total. The fraction of sp³-hybridized carbons (Fsp3) is 0.200. The number of hydrogen-bond acceptors (Lipinski definition) is 6. The van der Waals surface area contributed by atoms with Crippen LogP contribution in [0.25, 0.3) is 0 Å². The van der Waals surface area contributed by atoms with Gasteiger partial charge >= 0.3 is 29.6 Å². The van der Waals surface area contributed by atoms with Crippen LogP contribution in [-0.2, 0) is 16.4 Å². The summed E-state index contributed by atoms with van der Waals surface area (Å²) in [6.45, 7) is 1.93. The molecule has 1 heterocycles. The Morgan fingerprint density at radius 3 is 2.42 bits per heavy atom. The Morgan fingerprint density at radius 1 is 1.26 bits per heavy atom. The molecule has 19 heavy (non-hydrogen) atoms. The fourth-order valence-corrected chi connectivity index (χ4v) is 3.17. The first kappa shape index (κ1) is 16.4. The van der Waals surface area contributed by atoms with Crippen LogP contribution in [0.3, 0.4) is 0 Å². The molecule has 0 fully saturated rings. The quantitative estimate of drug-likeness (QED) is 0.644. The molecule has 0 aliphatic carbocycles. The molecule has 9 heteroatoms. The zero-order valence-electron chi connectivity index (χ0n) is 9.62. The summed E-state index contributed by atoms with van der Waals surface area (Å²) in [6, 6.07) is 5.96. The standard InChI is InChI=1S/C10H12N4O2S2.Na.H/c1-2-9-12-13-10(17-9)14-18(15,16)8-5-3-7(11)4-6-8;;/h3-6H,2,11H2,1H3,(H,13,14);;. The fourth-order valence-electron chi connectivity index (χ4n) is 1.26. The van der Waals surface area contributed by atoms with Crippen LogP contribution in [0.1, 0.15) is 11.9 Å². The number of sulfonamides is 1. The zero-order chi connectivity index (χ0) is 13.2. The van der Waals surface area contributed by atoms with Crippen molar-refractivity contribution in [3.05, 3.63) is 29.3 Å². The number of nitrogens with zero attached hydrogens (tertiary/aromatic N) is 2. The van der Waals surface area contributed by atoms with Gasteiger partial charge in [0.25, 0.3) is 10.0 Å². The topological polar surface area (TPSA) is 98.0 Å². The Hall–Kier alpha value is -0.670. The molecule has 2 aromatic rings. The molecule has 0 aliphatic rings. The van der Waals surface area contributed by atoms with Gasteiger partial charge in [-0.1, -0.05) is 18.3 Å². The summed E-state index contributed by atoms with van der Waals surface area (Å²) in [7, 11) is -3.62. The van der Waals surface area contributed by atoms with Gasteiger partial charge in [-0.2, -0.15) is 0 Å². The molecule has 0 radical (unpaired) electrons. The molecule has 0 atom stereocenters. The third-order valence-electron chi connectivity index (χ3n) is 2.18. The van der Waals surface area contributed by atoms with Gasteiger partial charge in [-0.05, 0) is 30.7 Å². The van der Waals surface area contributed by atoms with E-state index in [0.717, 1.165) is 11.4 Å². The van der Waals surface area contributed by atoms with E-state index in [2.05, 4.69) is 14.9 Å². The molecule has 1 aromatic carbocycles. The molecule has 0 aliphatic heterocycles. The van der Waals surface area contributed by atoms with Crippen molar-refractivity contribution in [2.75, 3.05) is 10.5 Å². The van der Waals surface area contributed by atoms with Crippen LogP contribution in [0.5, 0.6) is 0 Å². The number of aromatic nitrogens is 2. The van der Waals surface area contributed by atoms with Crippen LogP contribution in [0, 0.1) is 0 Å².